The van der Waals surface area contributed by atoms with E-state index in [9.17, 15) is 0 Å². The first-order valence-corrected chi connectivity index (χ1v) is 17.7. The summed E-state index contributed by atoms with van der Waals surface area (Å²) in [6.45, 7) is 20.4. The first kappa shape index (κ1) is 35.2. The molecule has 2 fully saturated rings. The fraction of sp³-hybridized carbons (Fsp3) is 0.222. The van der Waals surface area contributed by atoms with Crippen LogP contribution in [0.1, 0.15) is 0 Å². The van der Waals surface area contributed by atoms with Crippen LogP contribution in [-0.2, 0) is 0 Å². The number of anilines is 4. The van der Waals surface area contributed by atoms with Crippen LogP contribution in [0.15, 0.2) is 73.1 Å². The lowest BCUT2D eigenvalue weighted by Gasteiger charge is -2.36. The van der Waals surface area contributed by atoms with Gasteiger partial charge >= 0.3 is 0 Å². The average molecular weight is 771 g/mol. The van der Waals surface area contributed by atoms with Gasteiger partial charge < -0.3 is 19.6 Å². The van der Waals surface area contributed by atoms with Crippen LogP contribution >= 0.6 is 46.4 Å². The molecule has 6 heterocycles. The first-order chi connectivity index (χ1) is 25.3. The second-order valence-corrected chi connectivity index (χ2v) is 13.5. The zero-order chi connectivity index (χ0) is 36.2. The SMILES string of the molecule is [C-]#[N+]c1ccc(N2CCN(c3nnc(Cl)c4cc(Cl)ccc34)CC2)nc1.[C-]#[N+]c1ccc(N2CCN(c3nnc(Cl)c4ccc(Cl)cc34)CC2)nc1. The Balaban J connectivity index is 0.000000162. The molecule has 0 amide bonds. The summed E-state index contributed by atoms with van der Waals surface area (Å²) in [4.78, 5) is 24.3. The summed E-state index contributed by atoms with van der Waals surface area (Å²) in [7, 11) is 0. The zero-order valence-electron chi connectivity index (χ0n) is 27.5. The van der Waals surface area contributed by atoms with E-state index in [0.717, 1.165) is 97.2 Å². The third-order valence-corrected chi connectivity index (χ3v) is 9.91. The topological polar surface area (TPSA) is 99.0 Å². The fourth-order valence-electron chi connectivity index (χ4n) is 6.19. The number of aromatic nitrogens is 6. The molecule has 0 spiro atoms. The minimum absolute atomic E-state index is 0.356. The van der Waals surface area contributed by atoms with Crippen molar-refractivity contribution < 1.29 is 0 Å². The lowest BCUT2D eigenvalue weighted by Crippen LogP contribution is -2.47. The molecule has 2 aliphatic heterocycles. The summed E-state index contributed by atoms with van der Waals surface area (Å²) in [5.41, 5.74) is 1.10. The molecule has 0 saturated carbocycles. The first-order valence-electron chi connectivity index (χ1n) is 16.2. The van der Waals surface area contributed by atoms with Crippen molar-refractivity contribution in [3.8, 4) is 0 Å². The van der Waals surface area contributed by atoms with Gasteiger partial charge in [0.25, 0.3) is 0 Å². The highest BCUT2D eigenvalue weighted by Crippen LogP contribution is 2.33. The molecule has 2 saturated heterocycles. The van der Waals surface area contributed by atoms with Gasteiger partial charge in [-0.3, -0.25) is 9.97 Å². The van der Waals surface area contributed by atoms with E-state index in [0.29, 0.717) is 31.7 Å². The summed E-state index contributed by atoms with van der Waals surface area (Å²) >= 11 is 24.6. The monoisotopic (exact) mass is 768 g/mol. The standard InChI is InChI=1S/2C18H14Cl2N6/c1-21-13-3-5-16(22-11-13)25-6-8-26(9-7-25)18-14-4-2-12(19)10-15(14)17(20)23-24-18;1-21-13-3-5-16(22-11-13)25-6-8-26(9-7-25)18-15-10-12(19)2-4-14(15)17(20)23-24-18/h2*2-5,10-11H,6-9H2. The maximum atomic E-state index is 7.01. The van der Waals surface area contributed by atoms with Gasteiger partial charge in [0.05, 0.1) is 13.1 Å². The van der Waals surface area contributed by atoms with Crippen molar-refractivity contribution >= 4 is 103 Å². The summed E-state index contributed by atoms with van der Waals surface area (Å²) in [5, 5.41) is 22.3. The van der Waals surface area contributed by atoms with Gasteiger partial charge in [-0.2, -0.15) is 0 Å². The quantitative estimate of drug-likeness (QED) is 0.163. The number of benzene rings is 2. The highest BCUT2D eigenvalue weighted by Gasteiger charge is 2.23. The molecule has 6 aromatic rings. The zero-order valence-corrected chi connectivity index (χ0v) is 30.5. The third-order valence-electron chi connectivity index (χ3n) is 8.88. The summed E-state index contributed by atoms with van der Waals surface area (Å²) in [6, 6.07) is 18.5. The lowest BCUT2D eigenvalue weighted by molar-refractivity contribution is 0.640. The Bertz CT molecular complexity index is 2310. The van der Waals surface area contributed by atoms with Crippen molar-refractivity contribution in [3.05, 3.63) is 116 Å². The van der Waals surface area contributed by atoms with Crippen molar-refractivity contribution in [2.75, 3.05) is 72.0 Å². The Kier molecular flexibility index (Phi) is 10.5. The maximum absolute atomic E-state index is 7.01. The van der Waals surface area contributed by atoms with Crippen LogP contribution < -0.4 is 19.6 Å². The van der Waals surface area contributed by atoms with Crippen LogP contribution in [0, 0.1) is 13.1 Å². The molecule has 0 bridgehead atoms. The van der Waals surface area contributed by atoms with Crippen LogP contribution in [0.4, 0.5) is 34.6 Å². The fourth-order valence-corrected chi connectivity index (χ4v) is 6.93. The highest BCUT2D eigenvalue weighted by atomic mass is 35.5. The maximum Gasteiger partial charge on any atom is 0.205 e. The number of hydrogen-bond donors (Lipinski definition) is 0. The Morgan fingerprint density at radius 3 is 1.35 bits per heavy atom. The molecule has 8 rings (SSSR count). The summed E-state index contributed by atoms with van der Waals surface area (Å²) < 4.78 is 0. The van der Waals surface area contributed by atoms with Gasteiger partial charge in [-0.25, -0.2) is 9.69 Å². The van der Waals surface area contributed by atoms with Gasteiger partial charge in [0.15, 0.2) is 21.9 Å². The second-order valence-electron chi connectivity index (χ2n) is 11.9. The van der Waals surface area contributed by atoms with Crippen LogP contribution in [0.2, 0.25) is 20.4 Å². The number of rotatable bonds is 4. The normalized spacial score (nSPS) is 14.5. The van der Waals surface area contributed by atoms with Crippen LogP contribution in [-0.4, -0.2) is 82.7 Å². The molecular weight excluding hydrogens is 742 g/mol. The molecular formula is C36H28Cl4N12. The number of fused-ring (bicyclic) bond motifs is 2. The second kappa shape index (κ2) is 15.6. The molecule has 0 N–H and O–H groups in total. The van der Waals surface area contributed by atoms with Gasteiger partial charge in [0.2, 0.25) is 11.4 Å². The Hall–Kier alpha value is -5.24. The van der Waals surface area contributed by atoms with E-state index < -0.39 is 0 Å². The average Bonchev–Trinajstić information content (AvgIpc) is 3.19. The van der Waals surface area contributed by atoms with E-state index >= 15 is 0 Å². The largest absolute Gasteiger partial charge is 0.353 e. The Morgan fingerprint density at radius 2 is 0.885 bits per heavy atom. The third kappa shape index (κ3) is 7.52. The number of piperazine rings is 2. The van der Waals surface area contributed by atoms with Gasteiger partial charge in [-0.05, 0) is 48.5 Å². The molecule has 0 unspecified atom stereocenters. The predicted molar refractivity (Wildman–Crippen MR) is 209 cm³/mol. The molecule has 0 aliphatic carbocycles. The van der Waals surface area contributed by atoms with E-state index in [2.05, 4.69) is 59.7 Å². The minimum Gasteiger partial charge on any atom is -0.353 e. The van der Waals surface area contributed by atoms with E-state index in [4.69, 9.17) is 59.5 Å². The number of hydrogen-bond acceptors (Lipinski definition) is 10. The van der Waals surface area contributed by atoms with Gasteiger partial charge in [-0.15, -0.1) is 20.4 Å². The Morgan fingerprint density at radius 1 is 0.462 bits per heavy atom. The molecule has 0 radical (unpaired) electrons. The molecule has 4 aromatic heterocycles. The lowest BCUT2D eigenvalue weighted by atomic mass is 10.1. The molecule has 12 nitrogen and oxygen atoms in total. The number of halogens is 4. The summed E-state index contributed by atoms with van der Waals surface area (Å²) in [5.74, 6) is 3.38. The predicted octanol–water partition coefficient (Wildman–Crippen LogP) is 8.42. The van der Waals surface area contributed by atoms with Crippen molar-refractivity contribution in [2.24, 2.45) is 0 Å². The van der Waals surface area contributed by atoms with Crippen molar-refractivity contribution in [1.29, 1.82) is 0 Å². The van der Waals surface area contributed by atoms with Crippen LogP contribution in [0.3, 0.4) is 0 Å². The number of nitrogens with zero attached hydrogens (tertiary/aromatic N) is 12. The molecule has 2 aliphatic rings. The smallest absolute Gasteiger partial charge is 0.205 e. The molecule has 0 atom stereocenters. The molecule has 260 valence electrons. The van der Waals surface area contributed by atoms with Crippen molar-refractivity contribution in [3.63, 3.8) is 0 Å². The molecule has 2 aromatic carbocycles. The van der Waals surface area contributed by atoms with Gasteiger partial charge in [0, 0.05) is 96.3 Å². The van der Waals surface area contributed by atoms with Crippen LogP contribution in [0.25, 0.3) is 31.2 Å². The Labute approximate surface area is 319 Å². The highest BCUT2D eigenvalue weighted by molar-refractivity contribution is 6.36. The van der Waals surface area contributed by atoms with E-state index in [-0.39, 0.29) is 0 Å². The van der Waals surface area contributed by atoms with Crippen LogP contribution in [0.5, 0.6) is 0 Å². The van der Waals surface area contributed by atoms with Gasteiger partial charge in [0.1, 0.15) is 11.6 Å². The number of pyridine rings is 2. The van der Waals surface area contributed by atoms with Gasteiger partial charge in [-0.1, -0.05) is 58.5 Å². The van der Waals surface area contributed by atoms with E-state index in [1.165, 1.54) is 0 Å². The van der Waals surface area contributed by atoms with E-state index in [1.54, 1.807) is 30.6 Å². The minimum atomic E-state index is 0.356. The van der Waals surface area contributed by atoms with Crippen molar-refractivity contribution in [1.82, 2.24) is 30.4 Å². The summed E-state index contributed by atoms with van der Waals surface area (Å²) in [6.07, 6.45) is 3.21. The van der Waals surface area contributed by atoms with Crippen molar-refractivity contribution in [2.45, 2.75) is 0 Å². The van der Waals surface area contributed by atoms with E-state index in [1.807, 2.05) is 42.5 Å². The molecule has 52 heavy (non-hydrogen) atoms. The molecule has 16 heteroatoms.